The lowest BCUT2D eigenvalue weighted by molar-refractivity contribution is -0.140. The SMILES string of the molecule is CCCNC(=O)[C@@H](Cc1ccccc1)N(Cc1ccccc1F)C(=O)CN(c1ccc(OCC)cc1)S(=O)(=O)c1ccccc1. The van der Waals surface area contributed by atoms with Gasteiger partial charge in [0.15, 0.2) is 0 Å². The molecule has 0 aromatic heterocycles. The van der Waals surface area contributed by atoms with E-state index in [-0.39, 0.29) is 29.1 Å². The topological polar surface area (TPSA) is 96.0 Å². The van der Waals surface area contributed by atoms with Crippen molar-refractivity contribution in [1.82, 2.24) is 10.2 Å². The van der Waals surface area contributed by atoms with Crippen LogP contribution in [0.1, 0.15) is 31.4 Å². The van der Waals surface area contributed by atoms with E-state index in [1.807, 2.05) is 44.2 Å². The first-order valence-corrected chi connectivity index (χ1v) is 16.3. The molecule has 1 N–H and O–H groups in total. The molecule has 8 nitrogen and oxygen atoms in total. The summed E-state index contributed by atoms with van der Waals surface area (Å²) in [5, 5.41) is 2.88. The van der Waals surface area contributed by atoms with Crippen molar-refractivity contribution >= 4 is 27.5 Å². The van der Waals surface area contributed by atoms with Crippen LogP contribution in [0.15, 0.2) is 114 Å². The van der Waals surface area contributed by atoms with E-state index in [4.69, 9.17) is 4.74 Å². The van der Waals surface area contributed by atoms with Crippen LogP contribution in [0, 0.1) is 5.82 Å². The Kier molecular flexibility index (Phi) is 11.7. The fourth-order valence-corrected chi connectivity index (χ4v) is 6.29. The lowest BCUT2D eigenvalue weighted by Crippen LogP contribution is -2.53. The number of nitrogens with zero attached hydrogens (tertiary/aromatic N) is 2. The number of hydrogen-bond donors (Lipinski definition) is 1. The summed E-state index contributed by atoms with van der Waals surface area (Å²) >= 11 is 0. The van der Waals surface area contributed by atoms with Crippen LogP contribution >= 0.6 is 0 Å². The molecule has 10 heteroatoms. The molecule has 0 heterocycles. The fourth-order valence-electron chi connectivity index (χ4n) is 4.85. The molecule has 1 atom stereocenters. The number of sulfonamides is 1. The Morgan fingerprint density at radius 1 is 0.844 bits per heavy atom. The summed E-state index contributed by atoms with van der Waals surface area (Å²) < 4.78 is 49.6. The molecule has 0 unspecified atom stereocenters. The van der Waals surface area contributed by atoms with Gasteiger partial charge in [0.2, 0.25) is 11.8 Å². The number of rotatable bonds is 15. The van der Waals surface area contributed by atoms with Crippen LogP contribution in [0.25, 0.3) is 0 Å². The molecule has 2 amide bonds. The maximum absolute atomic E-state index is 15.0. The molecule has 236 valence electrons. The molecule has 0 radical (unpaired) electrons. The van der Waals surface area contributed by atoms with E-state index < -0.39 is 40.2 Å². The summed E-state index contributed by atoms with van der Waals surface area (Å²) in [5.41, 5.74) is 1.23. The maximum Gasteiger partial charge on any atom is 0.264 e. The molecule has 4 aromatic rings. The van der Waals surface area contributed by atoms with E-state index in [0.29, 0.717) is 25.3 Å². The van der Waals surface area contributed by atoms with Gasteiger partial charge < -0.3 is 15.0 Å². The highest BCUT2D eigenvalue weighted by Crippen LogP contribution is 2.27. The maximum atomic E-state index is 15.0. The van der Waals surface area contributed by atoms with Gasteiger partial charge in [0.25, 0.3) is 10.0 Å². The number of carbonyl (C=O) groups is 2. The molecule has 0 spiro atoms. The quantitative estimate of drug-likeness (QED) is 0.185. The van der Waals surface area contributed by atoms with Crippen LogP contribution in [-0.4, -0.2) is 50.9 Å². The molecule has 4 aromatic carbocycles. The molecule has 0 fully saturated rings. The largest absolute Gasteiger partial charge is 0.494 e. The van der Waals surface area contributed by atoms with Gasteiger partial charge in [-0.25, -0.2) is 12.8 Å². The second-order valence-corrected chi connectivity index (χ2v) is 12.2. The number of hydrogen-bond acceptors (Lipinski definition) is 5. The van der Waals surface area contributed by atoms with Crippen molar-refractivity contribution in [2.45, 2.75) is 44.2 Å². The molecule has 0 aliphatic heterocycles. The molecular weight excluding hydrogens is 593 g/mol. The normalized spacial score (nSPS) is 11.8. The Balaban J connectivity index is 1.79. The van der Waals surface area contributed by atoms with Gasteiger partial charge in [-0.05, 0) is 61.4 Å². The molecule has 0 aliphatic rings. The first-order valence-electron chi connectivity index (χ1n) is 14.9. The van der Waals surface area contributed by atoms with Crippen molar-refractivity contribution in [3.63, 3.8) is 0 Å². The highest BCUT2D eigenvalue weighted by atomic mass is 32.2. The third-order valence-electron chi connectivity index (χ3n) is 7.16. The second-order valence-electron chi connectivity index (χ2n) is 10.4. The molecule has 0 saturated carbocycles. The minimum atomic E-state index is -4.24. The first-order chi connectivity index (χ1) is 21.7. The van der Waals surface area contributed by atoms with Gasteiger partial charge in [-0.1, -0.05) is 73.7 Å². The average Bonchev–Trinajstić information content (AvgIpc) is 3.06. The molecule has 45 heavy (non-hydrogen) atoms. The van der Waals surface area contributed by atoms with Gasteiger partial charge in [-0.3, -0.25) is 13.9 Å². The van der Waals surface area contributed by atoms with E-state index in [0.717, 1.165) is 9.87 Å². The van der Waals surface area contributed by atoms with Crippen LogP contribution in [0.2, 0.25) is 0 Å². The van der Waals surface area contributed by atoms with Crippen LogP contribution in [0.4, 0.5) is 10.1 Å². The van der Waals surface area contributed by atoms with E-state index in [9.17, 15) is 22.4 Å². The van der Waals surface area contributed by atoms with E-state index >= 15 is 0 Å². The van der Waals surface area contributed by atoms with Crippen molar-refractivity contribution in [3.05, 3.63) is 126 Å². The summed E-state index contributed by atoms with van der Waals surface area (Å²) in [4.78, 5) is 29.3. The minimum Gasteiger partial charge on any atom is -0.494 e. The van der Waals surface area contributed by atoms with Crippen LogP contribution in [-0.2, 0) is 32.6 Å². The average molecular weight is 632 g/mol. The first kappa shape index (κ1) is 33.2. The number of nitrogens with one attached hydrogen (secondary N) is 1. The molecule has 4 rings (SSSR count). The second kappa shape index (κ2) is 15.9. The Bertz CT molecular complexity index is 1650. The van der Waals surface area contributed by atoms with Crippen LogP contribution in [0.3, 0.4) is 0 Å². The highest BCUT2D eigenvalue weighted by molar-refractivity contribution is 7.92. The number of halogens is 1. The highest BCUT2D eigenvalue weighted by Gasteiger charge is 2.35. The smallest absolute Gasteiger partial charge is 0.264 e. The summed E-state index contributed by atoms with van der Waals surface area (Å²) in [6.07, 6.45) is 0.816. The number of benzene rings is 4. The number of carbonyl (C=O) groups excluding carboxylic acids is 2. The third-order valence-corrected chi connectivity index (χ3v) is 8.95. The van der Waals surface area contributed by atoms with Crippen LogP contribution in [0.5, 0.6) is 5.75 Å². The zero-order valence-corrected chi connectivity index (χ0v) is 26.3. The van der Waals surface area contributed by atoms with E-state index in [1.54, 1.807) is 60.7 Å². The Morgan fingerprint density at radius 2 is 1.47 bits per heavy atom. The van der Waals surface area contributed by atoms with Crippen molar-refractivity contribution < 1.29 is 27.1 Å². The van der Waals surface area contributed by atoms with Crippen molar-refractivity contribution in [1.29, 1.82) is 0 Å². The van der Waals surface area contributed by atoms with Gasteiger partial charge in [0.05, 0.1) is 17.2 Å². The molecule has 0 saturated heterocycles. The standard InChI is InChI=1S/C35H38FN3O5S/c1-3-23-37-35(41)33(24-27-13-7-5-8-14-27)38(25-28-15-11-12-18-32(28)36)34(40)26-39(29-19-21-30(22-20-29)44-4-2)45(42,43)31-16-9-6-10-17-31/h5-22,33H,3-4,23-26H2,1-2H3,(H,37,41)/t33-/m1/s1. The van der Waals surface area contributed by atoms with Crippen molar-refractivity contribution in [2.24, 2.45) is 0 Å². The number of amides is 2. The van der Waals surface area contributed by atoms with Gasteiger partial charge >= 0.3 is 0 Å². The van der Waals surface area contributed by atoms with E-state index in [2.05, 4.69) is 5.32 Å². The predicted molar refractivity (Wildman–Crippen MR) is 173 cm³/mol. The predicted octanol–water partition coefficient (Wildman–Crippen LogP) is 5.59. The Labute approximate surface area is 264 Å². The lowest BCUT2D eigenvalue weighted by Gasteiger charge is -2.34. The van der Waals surface area contributed by atoms with Crippen molar-refractivity contribution in [2.75, 3.05) is 24.0 Å². The Morgan fingerprint density at radius 3 is 2.09 bits per heavy atom. The molecular formula is C35H38FN3O5S. The van der Waals surface area contributed by atoms with Gasteiger partial charge in [0, 0.05) is 25.1 Å². The summed E-state index contributed by atoms with van der Waals surface area (Å²) in [6, 6.07) is 28.4. The number of ether oxygens (including phenoxy) is 1. The fraction of sp³-hybridized carbons (Fsp3) is 0.257. The zero-order chi connectivity index (χ0) is 32.2. The summed E-state index contributed by atoms with van der Waals surface area (Å²) in [5.74, 6) is -1.08. The van der Waals surface area contributed by atoms with Gasteiger partial charge in [-0.2, -0.15) is 0 Å². The minimum absolute atomic E-state index is 0.00568. The summed E-state index contributed by atoms with van der Waals surface area (Å²) in [7, 11) is -4.24. The zero-order valence-electron chi connectivity index (χ0n) is 25.4. The third kappa shape index (κ3) is 8.69. The van der Waals surface area contributed by atoms with Crippen molar-refractivity contribution in [3.8, 4) is 5.75 Å². The Hall–Kier alpha value is -4.70. The lowest BCUT2D eigenvalue weighted by atomic mass is 10.0. The molecule has 0 aliphatic carbocycles. The van der Waals surface area contributed by atoms with Crippen LogP contribution < -0.4 is 14.4 Å². The van der Waals surface area contributed by atoms with Gasteiger partial charge in [-0.15, -0.1) is 0 Å². The van der Waals surface area contributed by atoms with Gasteiger partial charge in [0.1, 0.15) is 24.2 Å². The van der Waals surface area contributed by atoms with E-state index in [1.165, 1.54) is 23.1 Å². The summed E-state index contributed by atoms with van der Waals surface area (Å²) in [6.45, 7) is 3.69. The monoisotopic (exact) mass is 631 g/mol. The molecule has 0 bridgehead atoms. The number of anilines is 1.